The van der Waals surface area contributed by atoms with E-state index in [1.54, 1.807) is 38.6 Å². The van der Waals surface area contributed by atoms with Crippen molar-refractivity contribution in [2.75, 3.05) is 27.3 Å². The lowest BCUT2D eigenvalue weighted by Gasteiger charge is -2.36. The van der Waals surface area contributed by atoms with Crippen LogP contribution in [0.2, 0.25) is 0 Å². The Morgan fingerprint density at radius 3 is 2.61 bits per heavy atom. The third-order valence-corrected chi connectivity index (χ3v) is 5.77. The minimum absolute atomic E-state index is 0.0335. The molecule has 0 saturated carbocycles. The molecule has 1 aliphatic rings. The molecule has 4 rings (SSSR count). The number of aromatic nitrogens is 1. The van der Waals surface area contributed by atoms with Gasteiger partial charge in [0.25, 0.3) is 5.91 Å². The lowest BCUT2D eigenvalue weighted by molar-refractivity contribution is 0.0927. The van der Waals surface area contributed by atoms with Crippen LogP contribution < -0.4 is 14.8 Å². The first-order chi connectivity index (χ1) is 15.2. The Labute approximate surface area is 182 Å². The smallest absolute Gasteiger partial charge is 0.251 e. The van der Waals surface area contributed by atoms with Crippen molar-refractivity contribution in [3.63, 3.8) is 0 Å². The maximum absolute atomic E-state index is 12.9. The second-order valence-electron chi connectivity index (χ2n) is 7.57. The molecule has 1 atom stereocenters. The Morgan fingerprint density at radius 2 is 1.87 bits per heavy atom. The number of carbonyl (C=O) groups excluding carboxylic acids is 1. The van der Waals surface area contributed by atoms with Gasteiger partial charge in [0.05, 0.1) is 20.3 Å². The van der Waals surface area contributed by atoms with Crippen LogP contribution in [0.5, 0.6) is 11.5 Å². The van der Waals surface area contributed by atoms with Gasteiger partial charge in [-0.25, -0.2) is 0 Å². The molecule has 0 bridgehead atoms. The van der Waals surface area contributed by atoms with Crippen LogP contribution in [-0.2, 0) is 13.0 Å². The first kappa shape index (κ1) is 20.9. The molecule has 31 heavy (non-hydrogen) atoms. The lowest BCUT2D eigenvalue weighted by atomic mass is 9.97. The Morgan fingerprint density at radius 1 is 1.06 bits per heavy atom. The number of ether oxygens (including phenoxy) is 2. The maximum Gasteiger partial charge on any atom is 0.251 e. The number of nitrogens with zero attached hydrogens (tertiary/aromatic N) is 2. The molecule has 0 radical (unpaired) electrons. The Bertz CT molecular complexity index is 1040. The van der Waals surface area contributed by atoms with Crippen molar-refractivity contribution >= 4 is 5.91 Å². The van der Waals surface area contributed by atoms with Crippen LogP contribution in [0.1, 0.15) is 33.1 Å². The largest absolute Gasteiger partial charge is 0.493 e. The van der Waals surface area contributed by atoms with Gasteiger partial charge in [0.1, 0.15) is 0 Å². The normalized spacial score (nSPS) is 14.4. The van der Waals surface area contributed by atoms with Gasteiger partial charge in [-0.15, -0.1) is 0 Å². The van der Waals surface area contributed by atoms with E-state index in [-0.39, 0.29) is 11.9 Å². The molecule has 1 amide bonds. The maximum atomic E-state index is 12.9. The fourth-order valence-corrected chi connectivity index (χ4v) is 4.08. The molecule has 6 heteroatoms. The lowest BCUT2D eigenvalue weighted by Crippen LogP contribution is -2.40. The zero-order valence-electron chi connectivity index (χ0n) is 17.9. The summed E-state index contributed by atoms with van der Waals surface area (Å²) in [5, 5.41) is 3.10. The number of pyridine rings is 1. The molecule has 2 aromatic carbocycles. The summed E-state index contributed by atoms with van der Waals surface area (Å²) in [6.07, 6.45) is 4.65. The van der Waals surface area contributed by atoms with Crippen LogP contribution in [0.4, 0.5) is 0 Å². The van der Waals surface area contributed by atoms with E-state index >= 15 is 0 Å². The van der Waals surface area contributed by atoms with E-state index in [1.165, 1.54) is 11.1 Å². The molecule has 0 spiro atoms. The van der Waals surface area contributed by atoms with Crippen LogP contribution in [-0.4, -0.2) is 43.1 Å². The molecule has 0 unspecified atom stereocenters. The zero-order chi connectivity index (χ0) is 21.6. The first-order valence-corrected chi connectivity index (χ1v) is 10.4. The second-order valence-corrected chi connectivity index (χ2v) is 7.57. The van der Waals surface area contributed by atoms with Crippen LogP contribution in [0.15, 0.2) is 67.0 Å². The fraction of sp³-hybridized carbons (Fsp3) is 0.280. The summed E-state index contributed by atoms with van der Waals surface area (Å²) in [5.41, 5.74) is 4.37. The Kier molecular flexibility index (Phi) is 6.48. The van der Waals surface area contributed by atoms with Crippen molar-refractivity contribution < 1.29 is 14.3 Å². The minimum atomic E-state index is -0.146. The van der Waals surface area contributed by atoms with Gasteiger partial charge in [-0.1, -0.05) is 30.3 Å². The van der Waals surface area contributed by atoms with Crippen LogP contribution >= 0.6 is 0 Å². The van der Waals surface area contributed by atoms with E-state index in [4.69, 9.17) is 9.47 Å². The molecule has 1 aliphatic heterocycles. The number of carbonyl (C=O) groups is 1. The van der Waals surface area contributed by atoms with E-state index in [2.05, 4.69) is 45.5 Å². The summed E-state index contributed by atoms with van der Waals surface area (Å²) in [5.74, 6) is 0.984. The molecule has 160 valence electrons. The number of amides is 1. The second kappa shape index (κ2) is 9.62. The van der Waals surface area contributed by atoms with Gasteiger partial charge in [0.15, 0.2) is 11.5 Å². The fourth-order valence-electron chi connectivity index (χ4n) is 4.08. The number of hydrogen-bond acceptors (Lipinski definition) is 5. The summed E-state index contributed by atoms with van der Waals surface area (Å²) in [6.45, 7) is 2.27. The number of nitrogens with one attached hydrogen (secondary N) is 1. The van der Waals surface area contributed by atoms with Crippen LogP contribution in [0, 0.1) is 0 Å². The minimum Gasteiger partial charge on any atom is -0.493 e. The molecule has 0 fully saturated rings. The van der Waals surface area contributed by atoms with E-state index in [0.717, 1.165) is 25.1 Å². The number of benzene rings is 2. The highest BCUT2D eigenvalue weighted by atomic mass is 16.5. The average molecular weight is 418 g/mol. The van der Waals surface area contributed by atoms with Gasteiger partial charge in [-0.2, -0.15) is 0 Å². The molecule has 1 aromatic heterocycles. The highest BCUT2D eigenvalue weighted by Gasteiger charge is 2.25. The van der Waals surface area contributed by atoms with Gasteiger partial charge >= 0.3 is 0 Å². The number of hydrogen-bond donors (Lipinski definition) is 1. The first-order valence-electron chi connectivity index (χ1n) is 10.4. The summed E-state index contributed by atoms with van der Waals surface area (Å²) in [6, 6.07) is 17.8. The molecule has 0 saturated heterocycles. The Balaban J connectivity index is 1.52. The van der Waals surface area contributed by atoms with Gasteiger partial charge in [0, 0.05) is 37.6 Å². The predicted molar refractivity (Wildman–Crippen MR) is 119 cm³/mol. The van der Waals surface area contributed by atoms with E-state index in [0.29, 0.717) is 23.6 Å². The van der Waals surface area contributed by atoms with Crippen molar-refractivity contribution in [2.45, 2.75) is 19.0 Å². The van der Waals surface area contributed by atoms with Crippen molar-refractivity contribution in [1.82, 2.24) is 15.2 Å². The molecule has 1 N–H and O–H groups in total. The standard InChI is InChI=1S/C25H27N3O3/c1-30-23-10-9-19(14-24(23)31-2)25(29)27-16-22(20-8-5-12-26-15-20)28-13-11-18-6-3-4-7-21(18)17-28/h3-10,12,14-15,22H,11,13,16-17H2,1-2H3,(H,27,29)/t22-/m1/s1. The highest BCUT2D eigenvalue weighted by Crippen LogP contribution is 2.29. The summed E-state index contributed by atoms with van der Waals surface area (Å²) in [7, 11) is 3.14. The molecule has 3 aromatic rings. The SMILES string of the molecule is COc1ccc(C(=O)NC[C@H](c2cccnc2)N2CCc3ccccc3C2)cc1OC. The molecule has 2 heterocycles. The Hall–Kier alpha value is -3.38. The monoisotopic (exact) mass is 417 g/mol. The predicted octanol–water partition coefficient (Wildman–Crippen LogP) is 3.63. The molecular formula is C25H27N3O3. The molecule has 6 nitrogen and oxygen atoms in total. The van der Waals surface area contributed by atoms with Gasteiger partial charge < -0.3 is 14.8 Å². The van der Waals surface area contributed by atoms with E-state index in [9.17, 15) is 4.79 Å². The highest BCUT2D eigenvalue weighted by molar-refractivity contribution is 5.94. The summed E-state index contributed by atoms with van der Waals surface area (Å²) in [4.78, 5) is 19.6. The van der Waals surface area contributed by atoms with Gasteiger partial charge in [-0.3, -0.25) is 14.7 Å². The van der Waals surface area contributed by atoms with E-state index in [1.807, 2.05) is 12.3 Å². The van der Waals surface area contributed by atoms with Crippen molar-refractivity contribution in [2.24, 2.45) is 0 Å². The van der Waals surface area contributed by atoms with Gasteiger partial charge in [-0.05, 0) is 47.4 Å². The van der Waals surface area contributed by atoms with Crippen LogP contribution in [0.3, 0.4) is 0 Å². The zero-order valence-corrected chi connectivity index (χ0v) is 17.9. The summed E-state index contributed by atoms with van der Waals surface area (Å²) >= 11 is 0. The molecule has 0 aliphatic carbocycles. The number of methoxy groups -OCH3 is 2. The van der Waals surface area contributed by atoms with Crippen molar-refractivity contribution in [3.8, 4) is 11.5 Å². The number of fused-ring (bicyclic) bond motifs is 1. The van der Waals surface area contributed by atoms with Crippen molar-refractivity contribution in [1.29, 1.82) is 0 Å². The molecular weight excluding hydrogens is 390 g/mol. The number of rotatable bonds is 7. The quantitative estimate of drug-likeness (QED) is 0.636. The van der Waals surface area contributed by atoms with Crippen molar-refractivity contribution in [3.05, 3.63) is 89.2 Å². The summed E-state index contributed by atoms with van der Waals surface area (Å²) < 4.78 is 10.6. The van der Waals surface area contributed by atoms with E-state index < -0.39 is 0 Å². The van der Waals surface area contributed by atoms with Crippen LogP contribution in [0.25, 0.3) is 0 Å². The topological polar surface area (TPSA) is 63.7 Å². The third kappa shape index (κ3) is 4.70. The third-order valence-electron chi connectivity index (χ3n) is 5.77. The van der Waals surface area contributed by atoms with Gasteiger partial charge in [0.2, 0.25) is 0 Å². The average Bonchev–Trinajstić information content (AvgIpc) is 2.84.